The maximum atomic E-state index is 12.1. The van der Waals surface area contributed by atoms with Crippen molar-refractivity contribution in [2.45, 2.75) is 13.5 Å². The number of rotatable bonds is 5. The second-order valence-corrected chi connectivity index (χ2v) is 5.45. The van der Waals surface area contributed by atoms with Crippen molar-refractivity contribution in [2.24, 2.45) is 0 Å². The SMILES string of the molecule is CC(=O)c1cccc(NC(=O)Cn2nnc(-c3ccc(N)cc3)n2)c1. The number of tetrazole rings is 1. The molecule has 3 N–H and O–H groups in total. The molecule has 2 aromatic carbocycles. The number of carbonyl (C=O) groups excluding carboxylic acids is 2. The van der Waals surface area contributed by atoms with Crippen LogP contribution in [-0.2, 0) is 11.3 Å². The van der Waals surface area contributed by atoms with Crippen molar-refractivity contribution >= 4 is 23.1 Å². The molecule has 1 heterocycles. The number of hydrogen-bond donors (Lipinski definition) is 2. The van der Waals surface area contributed by atoms with E-state index in [1.807, 2.05) is 0 Å². The molecule has 0 saturated carbocycles. The van der Waals surface area contributed by atoms with Gasteiger partial charge in [-0.05, 0) is 48.5 Å². The number of anilines is 2. The molecular weight excluding hydrogens is 320 g/mol. The summed E-state index contributed by atoms with van der Waals surface area (Å²) in [6.45, 7) is 1.38. The Labute approximate surface area is 143 Å². The Hall–Kier alpha value is -3.55. The number of amides is 1. The quantitative estimate of drug-likeness (QED) is 0.542. The monoisotopic (exact) mass is 336 g/mol. The van der Waals surface area contributed by atoms with E-state index in [4.69, 9.17) is 5.73 Å². The molecule has 126 valence electrons. The Morgan fingerprint density at radius 3 is 2.64 bits per heavy atom. The summed E-state index contributed by atoms with van der Waals surface area (Å²) in [5.41, 5.74) is 8.11. The van der Waals surface area contributed by atoms with Crippen molar-refractivity contribution < 1.29 is 9.59 Å². The summed E-state index contributed by atoms with van der Waals surface area (Å²) in [5, 5.41) is 14.7. The third kappa shape index (κ3) is 4.05. The van der Waals surface area contributed by atoms with Crippen molar-refractivity contribution in [1.29, 1.82) is 0 Å². The fourth-order valence-electron chi connectivity index (χ4n) is 2.20. The van der Waals surface area contributed by atoms with E-state index in [0.29, 0.717) is 22.8 Å². The van der Waals surface area contributed by atoms with E-state index in [2.05, 4.69) is 20.7 Å². The first-order valence-electron chi connectivity index (χ1n) is 7.56. The highest BCUT2D eigenvalue weighted by atomic mass is 16.2. The summed E-state index contributed by atoms with van der Waals surface area (Å²) in [5.74, 6) is 0.0236. The van der Waals surface area contributed by atoms with Crippen LogP contribution in [0, 0.1) is 0 Å². The van der Waals surface area contributed by atoms with Gasteiger partial charge in [-0.1, -0.05) is 12.1 Å². The summed E-state index contributed by atoms with van der Waals surface area (Å²) < 4.78 is 0. The number of nitrogens with zero attached hydrogens (tertiary/aromatic N) is 4. The predicted molar refractivity (Wildman–Crippen MR) is 92.7 cm³/mol. The molecule has 0 saturated heterocycles. The second kappa shape index (κ2) is 6.91. The highest BCUT2D eigenvalue weighted by molar-refractivity contribution is 5.97. The number of hydrogen-bond acceptors (Lipinski definition) is 6. The third-order valence-electron chi connectivity index (χ3n) is 3.46. The zero-order valence-corrected chi connectivity index (χ0v) is 13.5. The molecule has 25 heavy (non-hydrogen) atoms. The van der Waals surface area contributed by atoms with E-state index >= 15 is 0 Å². The normalized spacial score (nSPS) is 10.4. The van der Waals surface area contributed by atoms with Gasteiger partial charge in [0, 0.05) is 22.5 Å². The van der Waals surface area contributed by atoms with Gasteiger partial charge < -0.3 is 11.1 Å². The van der Waals surface area contributed by atoms with E-state index in [0.717, 1.165) is 5.56 Å². The fourth-order valence-corrected chi connectivity index (χ4v) is 2.20. The van der Waals surface area contributed by atoms with Gasteiger partial charge in [0.25, 0.3) is 0 Å². The first kappa shape index (κ1) is 16.3. The van der Waals surface area contributed by atoms with Crippen LogP contribution < -0.4 is 11.1 Å². The van der Waals surface area contributed by atoms with Gasteiger partial charge in [0.1, 0.15) is 6.54 Å². The Kier molecular flexibility index (Phi) is 4.51. The molecule has 3 rings (SSSR count). The Bertz CT molecular complexity index is 917. The fraction of sp³-hybridized carbons (Fsp3) is 0.118. The minimum absolute atomic E-state index is 0.0674. The van der Waals surface area contributed by atoms with Gasteiger partial charge in [-0.3, -0.25) is 9.59 Å². The number of nitrogens with one attached hydrogen (secondary N) is 1. The molecule has 8 nitrogen and oxygen atoms in total. The van der Waals surface area contributed by atoms with E-state index in [-0.39, 0.29) is 18.2 Å². The minimum atomic E-state index is -0.318. The molecule has 1 amide bonds. The maximum Gasteiger partial charge on any atom is 0.248 e. The molecule has 3 aromatic rings. The molecule has 8 heteroatoms. The summed E-state index contributed by atoms with van der Waals surface area (Å²) in [4.78, 5) is 24.7. The van der Waals surface area contributed by atoms with Gasteiger partial charge in [0.05, 0.1) is 0 Å². The molecule has 0 radical (unpaired) electrons. The molecule has 0 unspecified atom stereocenters. The molecule has 1 aromatic heterocycles. The summed E-state index contributed by atoms with van der Waals surface area (Å²) in [7, 11) is 0. The molecule has 0 aliphatic carbocycles. The van der Waals surface area contributed by atoms with Crippen LogP contribution in [0.2, 0.25) is 0 Å². The minimum Gasteiger partial charge on any atom is -0.399 e. The van der Waals surface area contributed by atoms with Gasteiger partial charge in [-0.2, -0.15) is 4.80 Å². The molecule has 0 spiro atoms. The first-order valence-corrected chi connectivity index (χ1v) is 7.56. The number of ketones is 1. The lowest BCUT2D eigenvalue weighted by atomic mass is 10.1. The van der Waals surface area contributed by atoms with Crippen LogP contribution in [-0.4, -0.2) is 31.9 Å². The van der Waals surface area contributed by atoms with Crippen LogP contribution in [0.15, 0.2) is 48.5 Å². The molecule has 0 aliphatic heterocycles. The number of carbonyl (C=O) groups is 2. The Balaban J connectivity index is 1.66. The van der Waals surface area contributed by atoms with Gasteiger partial charge in [-0.15, -0.1) is 10.2 Å². The Morgan fingerprint density at radius 1 is 1.16 bits per heavy atom. The molecular formula is C17H16N6O2. The van der Waals surface area contributed by atoms with Gasteiger partial charge in [0.15, 0.2) is 5.78 Å². The average Bonchev–Trinajstić information content (AvgIpc) is 3.04. The van der Waals surface area contributed by atoms with Crippen LogP contribution in [0.1, 0.15) is 17.3 Å². The predicted octanol–water partition coefficient (Wildman–Crippen LogP) is 1.76. The highest BCUT2D eigenvalue weighted by Gasteiger charge is 2.10. The van der Waals surface area contributed by atoms with Crippen molar-refractivity contribution in [3.05, 3.63) is 54.1 Å². The van der Waals surface area contributed by atoms with Crippen molar-refractivity contribution in [3.63, 3.8) is 0 Å². The summed E-state index contributed by atoms with van der Waals surface area (Å²) >= 11 is 0. The average molecular weight is 336 g/mol. The number of benzene rings is 2. The zero-order valence-electron chi connectivity index (χ0n) is 13.5. The van der Waals surface area contributed by atoms with E-state index in [1.54, 1.807) is 48.5 Å². The molecule has 0 bridgehead atoms. The zero-order chi connectivity index (χ0) is 17.8. The Morgan fingerprint density at radius 2 is 1.92 bits per heavy atom. The van der Waals surface area contributed by atoms with Crippen LogP contribution in [0.25, 0.3) is 11.4 Å². The van der Waals surface area contributed by atoms with E-state index < -0.39 is 0 Å². The molecule has 0 fully saturated rings. The summed E-state index contributed by atoms with van der Waals surface area (Å²) in [6.07, 6.45) is 0. The number of nitrogens with two attached hydrogens (primary N) is 1. The largest absolute Gasteiger partial charge is 0.399 e. The first-order chi connectivity index (χ1) is 12.0. The van der Waals surface area contributed by atoms with Gasteiger partial charge in [0.2, 0.25) is 11.7 Å². The number of nitrogen functional groups attached to an aromatic ring is 1. The van der Waals surface area contributed by atoms with Crippen molar-refractivity contribution in [2.75, 3.05) is 11.1 Å². The topological polar surface area (TPSA) is 116 Å². The van der Waals surface area contributed by atoms with E-state index in [9.17, 15) is 9.59 Å². The van der Waals surface area contributed by atoms with Gasteiger partial charge >= 0.3 is 0 Å². The van der Waals surface area contributed by atoms with Crippen LogP contribution >= 0.6 is 0 Å². The van der Waals surface area contributed by atoms with Crippen LogP contribution in [0.5, 0.6) is 0 Å². The standard InChI is InChI=1S/C17H16N6O2/c1-11(24)13-3-2-4-15(9-13)19-16(25)10-23-21-17(20-22-23)12-5-7-14(18)8-6-12/h2-9H,10,18H2,1H3,(H,19,25). The number of Topliss-reactive ketones (excluding diaryl/α,β-unsaturated/α-hetero) is 1. The van der Waals surface area contributed by atoms with Crippen LogP contribution in [0.4, 0.5) is 11.4 Å². The third-order valence-corrected chi connectivity index (χ3v) is 3.46. The van der Waals surface area contributed by atoms with E-state index in [1.165, 1.54) is 11.7 Å². The molecule has 0 aliphatic rings. The lowest BCUT2D eigenvalue weighted by Gasteiger charge is -2.05. The van der Waals surface area contributed by atoms with Crippen LogP contribution in [0.3, 0.4) is 0 Å². The second-order valence-electron chi connectivity index (χ2n) is 5.45. The van der Waals surface area contributed by atoms with Crippen molar-refractivity contribution in [1.82, 2.24) is 20.2 Å². The number of aromatic nitrogens is 4. The highest BCUT2D eigenvalue weighted by Crippen LogP contribution is 2.15. The molecule has 0 atom stereocenters. The lowest BCUT2D eigenvalue weighted by molar-refractivity contribution is -0.117. The van der Waals surface area contributed by atoms with Crippen molar-refractivity contribution in [3.8, 4) is 11.4 Å². The van der Waals surface area contributed by atoms with Gasteiger partial charge in [-0.25, -0.2) is 0 Å². The maximum absolute atomic E-state index is 12.1. The smallest absolute Gasteiger partial charge is 0.248 e. The summed E-state index contributed by atoms with van der Waals surface area (Å²) in [6, 6.07) is 13.8. The lowest BCUT2D eigenvalue weighted by Crippen LogP contribution is -2.20.